The second-order valence-corrected chi connectivity index (χ2v) is 46.8. The second-order valence-electron chi connectivity index (χ2n) is 33.9. The third-order valence-electron chi connectivity index (χ3n) is 21.8. The minimum absolute atomic E-state index is 0. The summed E-state index contributed by atoms with van der Waals surface area (Å²) in [4.78, 5) is 14.4. The van der Waals surface area contributed by atoms with E-state index in [1.807, 2.05) is 0 Å². The van der Waals surface area contributed by atoms with Crippen LogP contribution in [0.2, 0.25) is 51.9 Å². The van der Waals surface area contributed by atoms with Crippen LogP contribution in [0.15, 0.2) is 6.20 Å². The molecular weight excluding hydrogens is 1730 g/mol. The van der Waals surface area contributed by atoms with Crippen molar-refractivity contribution < 1.29 is 231 Å². The highest BCUT2D eigenvalue weighted by molar-refractivity contribution is 6.87. The first-order valence-corrected chi connectivity index (χ1v) is 49.6. The molecule has 124 heavy (non-hydrogen) atoms. The predicted octanol–water partition coefficient (Wildman–Crippen LogP) is -15.9. The number of amides is 1. The Labute approximate surface area is 714 Å². The summed E-state index contributed by atoms with van der Waals surface area (Å²) in [6.07, 6.45) is -85.4. The van der Waals surface area contributed by atoms with Crippen LogP contribution in [0.3, 0.4) is 0 Å². The van der Waals surface area contributed by atoms with E-state index >= 15 is 0 Å². The summed E-state index contributed by atoms with van der Waals surface area (Å²) in [5.74, 6) is -0.788. The lowest BCUT2D eigenvalue weighted by Crippen LogP contribution is -2.68. The van der Waals surface area contributed by atoms with Gasteiger partial charge in [0.2, 0.25) is 5.91 Å². The summed E-state index contributed by atoms with van der Waals surface area (Å²) >= 11 is 0. The zero-order valence-electron chi connectivity index (χ0n) is 69.1. The predicted molar refractivity (Wildman–Crippen MR) is 406 cm³/mol. The number of carbonyl (C=O) groups is 1. The number of rotatable bonds is 37. The van der Waals surface area contributed by atoms with Crippen molar-refractivity contribution in [1.29, 1.82) is 0 Å². The zero-order valence-corrected chi connectivity index (χ0v) is 72.1. The van der Waals surface area contributed by atoms with Crippen LogP contribution in [0.5, 0.6) is 0 Å². The van der Waals surface area contributed by atoms with Crippen molar-refractivity contribution in [2.45, 2.75) is 342 Å². The summed E-state index contributed by atoms with van der Waals surface area (Å²) in [6.45, 7) is 7.15. The molecule has 17 unspecified atom stereocenters. The Hall–Kier alpha value is -2.51. The van der Waals surface area contributed by atoms with E-state index in [2.05, 4.69) is 56.1 Å². The zero-order chi connectivity index (χ0) is 90.5. The largest absolute Gasteiger partial charge is 0.437 e. The highest BCUT2D eigenvalue weighted by Crippen LogP contribution is 2.39. The average Bonchev–Trinajstić information content (AvgIpc) is 0.862. The van der Waals surface area contributed by atoms with E-state index in [0.29, 0.717) is 12.5 Å². The van der Waals surface area contributed by atoms with Gasteiger partial charge in [-0.05, 0) is 58.3 Å². The SMILES string of the molecule is CC(=O)N(Cc1cn(CC(O)COCCC[Si](C)(O[Si](C)(C)C)O[Si](C)(C)C)nn1)[C@@H]1O[C@@H](CO)[C@@H](O[C@@H]2OC(CO[C@H]3OC[C@@H](O)[C@H](O)C3OC3OC(CO)[C@H](O)[C@H](O)[C@@H]3O)[C@@H](O[C@@H]3O[C@@H](CO[C@@H]4OC[C@H](O)C(O)C4O[C@@H]4OC(CO)[C@H](O)[C@H](O)C4O)[C@@H](O[C@@H]4OC(CO[C@H]5OC[C@@H](O)[C@H](O)C5O)[C@@H](O)[C@H](O)C4O)C(O)C3O)[C@H](O)C2O)C(O)C1O.[B]. The highest BCUT2D eigenvalue weighted by Gasteiger charge is 2.59. The Balaban J connectivity index is 0.0000174. The maximum Gasteiger partial charge on any atom is 0.314 e. The van der Waals surface area contributed by atoms with Crippen LogP contribution >= 0.6 is 0 Å². The molecule has 0 bridgehead atoms. The molecule has 717 valence electrons. The molecule has 1 amide bonds. The quantitative estimate of drug-likeness (QED) is 0.0217. The molecule has 1 aromatic rings. The van der Waals surface area contributed by atoms with E-state index in [1.54, 1.807) is 0 Å². The number of aromatic nitrogens is 3. The van der Waals surface area contributed by atoms with Crippen molar-refractivity contribution in [3.8, 4) is 0 Å². The van der Waals surface area contributed by atoms with E-state index in [4.69, 9.17) is 93.5 Å². The molecule has 43 atom stereocenters. The minimum atomic E-state index is -2.56. The Morgan fingerprint density at radius 3 is 1.22 bits per heavy atom. The number of ether oxygens (including phenoxy) is 18. The Morgan fingerprint density at radius 2 is 0.790 bits per heavy atom. The van der Waals surface area contributed by atoms with Gasteiger partial charge < -0.3 is 231 Å². The molecule has 9 aliphatic heterocycles. The monoisotopic (exact) mass is 1860 g/mol. The average molecular weight is 1860 g/mol. The van der Waals surface area contributed by atoms with Gasteiger partial charge in [-0.2, -0.15) is 0 Å². The molecule has 3 radical (unpaired) electrons. The van der Waals surface area contributed by atoms with Crippen molar-refractivity contribution in [2.24, 2.45) is 0 Å². The number of nitrogens with zero attached hydrogens (tertiary/aromatic N) is 4. The lowest BCUT2D eigenvalue weighted by molar-refractivity contribution is -0.396. The van der Waals surface area contributed by atoms with Crippen molar-refractivity contribution in [3.63, 3.8) is 0 Å². The first-order valence-electron chi connectivity index (χ1n) is 40.3. The molecular formula is C69H124BN4O47Si3. The summed E-state index contributed by atoms with van der Waals surface area (Å²) < 4.78 is 120. The fourth-order valence-electron chi connectivity index (χ4n) is 15.5. The van der Waals surface area contributed by atoms with Crippen LogP contribution in [0.4, 0.5) is 0 Å². The molecule has 9 saturated heterocycles. The molecule has 51 nitrogen and oxygen atoms in total. The molecule has 55 heteroatoms. The molecule has 9 aliphatic rings. The maximum absolute atomic E-state index is 13.5. The molecule has 26 N–H and O–H groups in total. The number of aliphatic hydroxyl groups is 26. The van der Waals surface area contributed by atoms with Gasteiger partial charge in [0.15, 0.2) is 73.2 Å². The summed E-state index contributed by atoms with van der Waals surface area (Å²) in [5, 5.41) is 297. The van der Waals surface area contributed by atoms with Gasteiger partial charge in [-0.1, -0.05) is 5.21 Å². The lowest BCUT2D eigenvalue weighted by atomic mass is 9.95. The van der Waals surface area contributed by atoms with E-state index in [0.717, 1.165) is 11.8 Å². The van der Waals surface area contributed by atoms with Crippen molar-refractivity contribution in [3.05, 3.63) is 11.9 Å². The number of aliphatic hydroxyl groups excluding tert-OH is 26. The molecule has 0 saturated carbocycles. The van der Waals surface area contributed by atoms with E-state index in [1.165, 1.54) is 10.9 Å². The molecule has 9 fully saturated rings. The number of carbonyl (C=O) groups excluding carboxylic acids is 1. The van der Waals surface area contributed by atoms with Crippen molar-refractivity contribution >= 4 is 39.5 Å². The number of hydrogen-bond donors (Lipinski definition) is 26. The minimum Gasteiger partial charge on any atom is -0.437 e. The van der Waals surface area contributed by atoms with Crippen molar-refractivity contribution in [1.82, 2.24) is 19.9 Å². The lowest BCUT2D eigenvalue weighted by Gasteiger charge is -2.50. The fourth-order valence-corrected chi connectivity index (χ4v) is 28.0. The number of hydrogen-bond acceptors (Lipinski definition) is 49. The smallest absolute Gasteiger partial charge is 0.314 e. The van der Waals surface area contributed by atoms with Gasteiger partial charge in [-0.3, -0.25) is 4.79 Å². The van der Waals surface area contributed by atoms with Gasteiger partial charge in [0.25, 0.3) is 0 Å². The van der Waals surface area contributed by atoms with Gasteiger partial charge >= 0.3 is 8.56 Å². The highest BCUT2D eigenvalue weighted by atomic mass is 28.5. The Bertz CT molecular complexity index is 3350. The van der Waals surface area contributed by atoms with Gasteiger partial charge in [-0.15, -0.1) is 5.10 Å². The third-order valence-corrected chi connectivity index (χ3v) is 31.4. The van der Waals surface area contributed by atoms with Crippen LogP contribution in [0.25, 0.3) is 0 Å². The van der Waals surface area contributed by atoms with Crippen LogP contribution in [-0.4, -0.2) is 529 Å². The Kier molecular flexibility index (Phi) is 38.6. The van der Waals surface area contributed by atoms with E-state index in [9.17, 15) is 138 Å². The van der Waals surface area contributed by atoms with Gasteiger partial charge in [0, 0.05) is 21.9 Å². The van der Waals surface area contributed by atoms with Crippen LogP contribution < -0.4 is 0 Å². The standard InChI is InChI=1S/C69H124N4O47Si3.B/c1-25(77)73(13-26-12-72(71-70-26)14-27(78)18-101-10-9-11-123(8,119-121(2,3)4)120-122(5,6)7)61-49(94)46(91)56(33(17-76)108-61)114-66-54(99)47(92)58(36(112-66)24-107-69-60(39(84)30(81)21-104-69)118-64-52(97)44(89)41(86)32(16-75)110-64)116-67-55(100)48(93)57(115-65-53(98)45(90)42(87)34(111-65)22-105-62-50(95)37(82)28(79)19-102-62)35(113-67)23-106-68-59(38(83)29(80)20-103-68)117-63-51(96)43(88)40(85)31(15-74)109-63;/h12,27-69,74-76,78-100H,9-11,13-24H2,1-8H3;/t27?,28-,29+,30-,31?,32?,33+,34?,35+,36?,37+,38?,39+,40+,41+,42-,43+,44+,45+,46?,47-,48?,49?,50?,51?,52+,53?,54?,55?,56-,57-,58-,59?,60?,61-,62-,63+,64?,65+,66+,67+,68+,69-;/m1./s1. The fraction of sp³-hybridized carbons (Fsp3) is 0.957. The van der Waals surface area contributed by atoms with Gasteiger partial charge in [0.05, 0.1) is 91.5 Å². The van der Waals surface area contributed by atoms with Crippen LogP contribution in [0, 0.1) is 0 Å². The summed E-state index contributed by atoms with van der Waals surface area (Å²) in [7, 11) is -6.48. The molecule has 0 aromatic carbocycles. The normalized spacial score (nSPS) is 44.3. The van der Waals surface area contributed by atoms with Crippen LogP contribution in [0.1, 0.15) is 19.0 Å². The summed E-state index contributed by atoms with van der Waals surface area (Å²) in [5.41, 5.74) is 0.0730. The molecule has 10 rings (SSSR count). The Morgan fingerprint density at radius 1 is 0.435 bits per heavy atom. The van der Waals surface area contributed by atoms with Gasteiger partial charge in [0.1, 0.15) is 207 Å². The van der Waals surface area contributed by atoms with E-state index in [-0.39, 0.29) is 33.9 Å². The molecule has 0 spiro atoms. The molecule has 0 aliphatic carbocycles. The topological polar surface area (TPSA) is 762 Å². The van der Waals surface area contributed by atoms with Crippen LogP contribution in [-0.2, 0) is 111 Å². The third kappa shape index (κ3) is 25.7. The summed E-state index contributed by atoms with van der Waals surface area (Å²) in [6, 6.07) is 0.665. The maximum atomic E-state index is 13.5. The molecule has 10 heterocycles. The first-order chi connectivity index (χ1) is 57.8. The van der Waals surface area contributed by atoms with E-state index < -0.39 is 361 Å². The van der Waals surface area contributed by atoms with Gasteiger partial charge in [-0.25, -0.2) is 4.68 Å². The van der Waals surface area contributed by atoms with Crippen molar-refractivity contribution in [2.75, 3.05) is 72.7 Å². The molecule has 1 aromatic heterocycles. The second kappa shape index (κ2) is 45.5. The first kappa shape index (κ1) is 105.